The van der Waals surface area contributed by atoms with E-state index < -0.39 is 5.41 Å². The number of benzene rings is 7. The molecule has 3 heteroatoms. The second-order valence-electron chi connectivity index (χ2n) is 13.3. The first-order chi connectivity index (χ1) is 25.8. The lowest BCUT2D eigenvalue weighted by atomic mass is 9.67. The Hall–Kier alpha value is -6.84. The van der Waals surface area contributed by atoms with Crippen molar-refractivity contribution in [3.63, 3.8) is 0 Å². The van der Waals surface area contributed by atoms with Gasteiger partial charge in [0.1, 0.15) is 0 Å². The molecular weight excluding hydrogens is 631 g/mol. The average molecular weight is 664 g/mol. The molecule has 0 atom stereocenters. The molecule has 2 heterocycles. The third kappa shape index (κ3) is 4.60. The van der Waals surface area contributed by atoms with Crippen molar-refractivity contribution in [1.82, 2.24) is 14.5 Å². The van der Waals surface area contributed by atoms with E-state index >= 15 is 0 Å². The van der Waals surface area contributed by atoms with Crippen molar-refractivity contribution in [3.8, 4) is 50.8 Å². The lowest BCUT2D eigenvalue weighted by molar-refractivity contribution is 0.775. The molecule has 0 unspecified atom stereocenters. The molecule has 244 valence electrons. The van der Waals surface area contributed by atoms with Crippen molar-refractivity contribution >= 4 is 10.9 Å². The Balaban J connectivity index is 1.32. The molecule has 0 spiro atoms. The average Bonchev–Trinajstić information content (AvgIpc) is 3.73. The van der Waals surface area contributed by atoms with Crippen LogP contribution in [0, 0.1) is 0 Å². The van der Waals surface area contributed by atoms with E-state index in [1.165, 1.54) is 38.9 Å². The fraction of sp³-hybridized carbons (Fsp3) is 0.0204. The molecule has 0 radical (unpaired) electrons. The molecule has 0 saturated carbocycles. The zero-order chi connectivity index (χ0) is 34.5. The normalized spacial score (nSPS) is 12.8. The molecule has 0 N–H and O–H groups in total. The standard InChI is InChI=1S/C49H33N3/c1-6-18-34(19-7-1)43-33-44(35-20-8-2-9-21-35)51-48(50-43)36-30-31-45-41(32-36)46-47(52(45)39-26-14-5-15-27-39)40-28-16-17-29-42(40)49(46,37-22-10-3-11-23-37)38-24-12-4-13-25-38/h1-33H. The summed E-state index contributed by atoms with van der Waals surface area (Å²) in [6, 6.07) is 71.4. The van der Waals surface area contributed by atoms with Gasteiger partial charge in [0.15, 0.2) is 5.82 Å². The van der Waals surface area contributed by atoms with Gasteiger partial charge in [-0.25, -0.2) is 9.97 Å². The Morgan fingerprint density at radius 1 is 0.423 bits per heavy atom. The summed E-state index contributed by atoms with van der Waals surface area (Å²) in [6.07, 6.45) is 0. The molecule has 1 aliphatic carbocycles. The van der Waals surface area contributed by atoms with Crippen molar-refractivity contribution in [2.75, 3.05) is 0 Å². The summed E-state index contributed by atoms with van der Waals surface area (Å²) in [5.74, 6) is 0.698. The molecular formula is C49H33N3. The van der Waals surface area contributed by atoms with Crippen LogP contribution in [0.4, 0.5) is 0 Å². The summed E-state index contributed by atoms with van der Waals surface area (Å²) >= 11 is 0. The van der Waals surface area contributed by atoms with Gasteiger partial charge in [-0.3, -0.25) is 0 Å². The quantitative estimate of drug-likeness (QED) is 0.177. The number of nitrogens with zero attached hydrogens (tertiary/aromatic N) is 3. The van der Waals surface area contributed by atoms with E-state index in [2.05, 4.69) is 193 Å². The molecule has 3 nitrogen and oxygen atoms in total. The van der Waals surface area contributed by atoms with E-state index in [-0.39, 0.29) is 0 Å². The zero-order valence-electron chi connectivity index (χ0n) is 28.4. The van der Waals surface area contributed by atoms with E-state index in [1.54, 1.807) is 0 Å². The summed E-state index contributed by atoms with van der Waals surface area (Å²) in [5.41, 5.74) is 14.1. The number of fused-ring (bicyclic) bond motifs is 5. The van der Waals surface area contributed by atoms with Crippen LogP contribution in [0.2, 0.25) is 0 Å². The lowest BCUT2D eigenvalue weighted by Gasteiger charge is -2.33. The highest BCUT2D eigenvalue weighted by Crippen LogP contribution is 2.59. The van der Waals surface area contributed by atoms with Crippen LogP contribution in [0.1, 0.15) is 22.3 Å². The summed E-state index contributed by atoms with van der Waals surface area (Å²) in [4.78, 5) is 10.5. The fourth-order valence-electron chi connectivity index (χ4n) is 8.29. The van der Waals surface area contributed by atoms with Gasteiger partial charge in [0.05, 0.1) is 28.0 Å². The smallest absolute Gasteiger partial charge is 0.160 e. The van der Waals surface area contributed by atoms with E-state index in [9.17, 15) is 0 Å². The van der Waals surface area contributed by atoms with Gasteiger partial charge in [-0.2, -0.15) is 0 Å². The predicted molar refractivity (Wildman–Crippen MR) is 212 cm³/mol. The Bertz CT molecular complexity index is 2600. The van der Waals surface area contributed by atoms with Crippen LogP contribution in [0.15, 0.2) is 200 Å². The largest absolute Gasteiger partial charge is 0.309 e. The Kier molecular flexibility index (Phi) is 7.04. The molecule has 0 fully saturated rings. The van der Waals surface area contributed by atoms with Gasteiger partial charge >= 0.3 is 0 Å². The first-order valence-electron chi connectivity index (χ1n) is 17.8. The zero-order valence-corrected chi connectivity index (χ0v) is 28.4. The van der Waals surface area contributed by atoms with Gasteiger partial charge < -0.3 is 4.57 Å². The molecule has 0 amide bonds. The lowest BCUT2D eigenvalue weighted by Crippen LogP contribution is -2.28. The molecule has 0 bridgehead atoms. The van der Waals surface area contributed by atoms with Crippen molar-refractivity contribution in [2.45, 2.75) is 5.41 Å². The first kappa shape index (κ1) is 30.0. The van der Waals surface area contributed by atoms with E-state index in [0.717, 1.165) is 39.3 Å². The third-order valence-electron chi connectivity index (χ3n) is 10.5. The van der Waals surface area contributed by atoms with Crippen LogP contribution in [-0.2, 0) is 5.41 Å². The minimum Gasteiger partial charge on any atom is -0.309 e. The van der Waals surface area contributed by atoms with Crippen LogP contribution in [0.3, 0.4) is 0 Å². The molecule has 2 aromatic heterocycles. The van der Waals surface area contributed by atoms with E-state index in [1.807, 2.05) is 12.1 Å². The van der Waals surface area contributed by atoms with Crippen molar-refractivity contribution in [1.29, 1.82) is 0 Å². The van der Waals surface area contributed by atoms with Gasteiger partial charge in [-0.15, -0.1) is 0 Å². The van der Waals surface area contributed by atoms with Gasteiger partial charge in [-0.05, 0) is 53.1 Å². The SMILES string of the molecule is c1ccc(-c2cc(-c3ccccc3)nc(-c3ccc4c(c3)c3c(n4-c4ccccc4)-c4ccccc4C3(c3ccccc3)c3ccccc3)n2)cc1. The maximum absolute atomic E-state index is 5.24. The number of hydrogen-bond acceptors (Lipinski definition) is 2. The van der Waals surface area contributed by atoms with E-state index in [0.29, 0.717) is 5.82 Å². The van der Waals surface area contributed by atoms with Crippen LogP contribution in [-0.4, -0.2) is 14.5 Å². The predicted octanol–water partition coefficient (Wildman–Crippen LogP) is 11.8. The van der Waals surface area contributed by atoms with E-state index in [4.69, 9.17) is 9.97 Å². The summed E-state index contributed by atoms with van der Waals surface area (Å²) in [6.45, 7) is 0. The number of rotatable bonds is 6. The monoisotopic (exact) mass is 663 g/mol. The maximum atomic E-state index is 5.24. The molecule has 10 rings (SSSR count). The fourth-order valence-corrected chi connectivity index (χ4v) is 8.29. The Morgan fingerprint density at radius 2 is 0.923 bits per heavy atom. The van der Waals surface area contributed by atoms with Crippen LogP contribution < -0.4 is 0 Å². The molecule has 52 heavy (non-hydrogen) atoms. The van der Waals surface area contributed by atoms with Gasteiger partial charge in [0, 0.05) is 38.9 Å². The highest BCUT2D eigenvalue weighted by atomic mass is 15.0. The van der Waals surface area contributed by atoms with Gasteiger partial charge in [0.25, 0.3) is 0 Å². The molecule has 0 aliphatic heterocycles. The second kappa shape index (κ2) is 12.2. The minimum absolute atomic E-state index is 0.562. The molecule has 1 aliphatic rings. The Labute approximate surface area is 303 Å². The topological polar surface area (TPSA) is 30.7 Å². The van der Waals surface area contributed by atoms with Gasteiger partial charge in [0.2, 0.25) is 0 Å². The number of para-hydroxylation sites is 1. The van der Waals surface area contributed by atoms with Crippen molar-refractivity contribution in [3.05, 3.63) is 222 Å². The minimum atomic E-state index is -0.562. The third-order valence-corrected chi connectivity index (χ3v) is 10.5. The summed E-state index contributed by atoms with van der Waals surface area (Å²) in [5, 5.41) is 1.18. The first-order valence-corrected chi connectivity index (χ1v) is 17.8. The highest BCUT2D eigenvalue weighted by Gasteiger charge is 2.49. The second-order valence-corrected chi connectivity index (χ2v) is 13.3. The Morgan fingerprint density at radius 3 is 1.50 bits per heavy atom. The highest BCUT2D eigenvalue weighted by molar-refractivity contribution is 6.03. The van der Waals surface area contributed by atoms with Crippen LogP contribution >= 0.6 is 0 Å². The van der Waals surface area contributed by atoms with Gasteiger partial charge in [-0.1, -0.05) is 164 Å². The molecule has 7 aromatic carbocycles. The van der Waals surface area contributed by atoms with Crippen LogP contribution in [0.25, 0.3) is 61.8 Å². The summed E-state index contributed by atoms with van der Waals surface area (Å²) < 4.78 is 2.46. The van der Waals surface area contributed by atoms with Crippen LogP contribution in [0.5, 0.6) is 0 Å². The van der Waals surface area contributed by atoms with Crippen molar-refractivity contribution in [2.24, 2.45) is 0 Å². The summed E-state index contributed by atoms with van der Waals surface area (Å²) in [7, 11) is 0. The molecule has 0 saturated heterocycles. The maximum Gasteiger partial charge on any atom is 0.160 e. The number of aromatic nitrogens is 3. The molecule has 9 aromatic rings. The number of hydrogen-bond donors (Lipinski definition) is 0. The van der Waals surface area contributed by atoms with Crippen molar-refractivity contribution < 1.29 is 0 Å².